The predicted octanol–water partition coefficient (Wildman–Crippen LogP) is 2.24. The second kappa shape index (κ2) is 8.89. The average molecular weight is 314 g/mol. The van der Waals surface area contributed by atoms with Gasteiger partial charge in [-0.15, -0.1) is 0 Å². The number of hydrogen-bond acceptors (Lipinski definition) is 4. The van der Waals surface area contributed by atoms with Gasteiger partial charge in [-0.2, -0.15) is 0 Å². The highest BCUT2D eigenvalue weighted by Crippen LogP contribution is 2.28. The van der Waals surface area contributed by atoms with Crippen LogP contribution in [0.1, 0.15) is 26.2 Å². The monoisotopic (exact) mass is 314 g/mol. The molecular formula is C15H26N2O3S. The van der Waals surface area contributed by atoms with E-state index in [2.05, 4.69) is 12.2 Å². The lowest BCUT2D eigenvalue weighted by atomic mass is 10.3. The first-order valence-electron chi connectivity index (χ1n) is 7.33. The molecule has 21 heavy (non-hydrogen) atoms. The third-order valence-electron chi connectivity index (χ3n) is 3.27. The molecule has 1 rings (SSSR count). The summed E-state index contributed by atoms with van der Waals surface area (Å²) in [7, 11) is -0.201. The summed E-state index contributed by atoms with van der Waals surface area (Å²) in [5.41, 5.74) is 0.573. The lowest BCUT2D eigenvalue weighted by Crippen LogP contribution is -2.29. The van der Waals surface area contributed by atoms with Gasteiger partial charge in [0.1, 0.15) is 5.75 Å². The van der Waals surface area contributed by atoms with E-state index in [1.54, 1.807) is 32.4 Å². The van der Waals surface area contributed by atoms with Crippen LogP contribution in [0, 0.1) is 0 Å². The highest BCUT2D eigenvalue weighted by molar-refractivity contribution is 7.92. The quantitative estimate of drug-likeness (QED) is 0.673. The number of nitrogens with zero attached hydrogens (tertiary/aromatic N) is 1. The molecule has 0 fully saturated rings. The van der Waals surface area contributed by atoms with E-state index in [-0.39, 0.29) is 5.75 Å². The minimum absolute atomic E-state index is 0.148. The Morgan fingerprint density at radius 1 is 1.19 bits per heavy atom. The zero-order valence-corrected chi connectivity index (χ0v) is 13.9. The predicted molar refractivity (Wildman–Crippen MR) is 87.6 cm³/mol. The van der Waals surface area contributed by atoms with Gasteiger partial charge in [0.05, 0.1) is 18.6 Å². The SMILES string of the molecule is CCCNCCCCS(=O)(=O)N(C)c1ccccc1OC. The molecule has 0 spiro atoms. The van der Waals surface area contributed by atoms with Gasteiger partial charge in [-0.1, -0.05) is 19.1 Å². The molecule has 120 valence electrons. The Labute approximate surface area is 128 Å². The number of sulfonamides is 1. The largest absolute Gasteiger partial charge is 0.495 e. The first-order chi connectivity index (χ1) is 10.0. The second-order valence-electron chi connectivity index (χ2n) is 4.91. The van der Waals surface area contributed by atoms with Crippen LogP contribution in [-0.2, 0) is 10.0 Å². The van der Waals surface area contributed by atoms with E-state index >= 15 is 0 Å². The van der Waals surface area contributed by atoms with Gasteiger partial charge < -0.3 is 10.1 Å². The van der Waals surface area contributed by atoms with E-state index in [1.165, 1.54) is 4.31 Å². The van der Waals surface area contributed by atoms with E-state index in [1.807, 2.05) is 6.07 Å². The third-order valence-corrected chi connectivity index (χ3v) is 5.11. The summed E-state index contributed by atoms with van der Waals surface area (Å²) in [4.78, 5) is 0. The van der Waals surface area contributed by atoms with Crippen LogP contribution >= 0.6 is 0 Å². The molecule has 1 N–H and O–H groups in total. The number of ether oxygens (including phenoxy) is 1. The van der Waals surface area contributed by atoms with Crippen molar-refractivity contribution >= 4 is 15.7 Å². The molecule has 0 unspecified atom stereocenters. The molecule has 0 aliphatic carbocycles. The number of unbranched alkanes of at least 4 members (excludes halogenated alkanes) is 1. The zero-order chi connectivity index (χ0) is 15.7. The highest BCUT2D eigenvalue weighted by atomic mass is 32.2. The Morgan fingerprint density at radius 2 is 1.90 bits per heavy atom. The number of hydrogen-bond donors (Lipinski definition) is 1. The standard InChI is InChI=1S/C15H26N2O3S/c1-4-11-16-12-7-8-13-21(18,19)17(2)14-9-5-6-10-15(14)20-3/h5-6,9-10,16H,4,7-8,11-13H2,1-3H3. The molecule has 0 aliphatic rings. The van der Waals surface area contributed by atoms with Crippen LogP contribution in [0.25, 0.3) is 0 Å². The summed E-state index contributed by atoms with van der Waals surface area (Å²) < 4.78 is 31.2. The number of methoxy groups -OCH3 is 1. The molecule has 0 aliphatic heterocycles. The highest BCUT2D eigenvalue weighted by Gasteiger charge is 2.20. The first kappa shape index (κ1) is 17.8. The fourth-order valence-corrected chi connectivity index (χ4v) is 3.31. The normalized spacial score (nSPS) is 11.4. The molecule has 0 radical (unpaired) electrons. The van der Waals surface area contributed by atoms with Gasteiger partial charge in [-0.25, -0.2) is 8.42 Å². The zero-order valence-electron chi connectivity index (χ0n) is 13.1. The molecule has 0 saturated heterocycles. The fourth-order valence-electron chi connectivity index (χ4n) is 2.01. The third kappa shape index (κ3) is 5.55. The van der Waals surface area contributed by atoms with E-state index in [9.17, 15) is 8.42 Å². The molecule has 5 nitrogen and oxygen atoms in total. The first-order valence-corrected chi connectivity index (χ1v) is 8.94. The Kier molecular flexibility index (Phi) is 7.53. The van der Waals surface area contributed by atoms with Crippen LogP contribution in [0.5, 0.6) is 5.75 Å². The van der Waals surface area contributed by atoms with Crippen molar-refractivity contribution in [1.82, 2.24) is 5.32 Å². The molecule has 0 amide bonds. The molecule has 0 bridgehead atoms. The van der Waals surface area contributed by atoms with Gasteiger partial charge in [0.2, 0.25) is 10.0 Å². The van der Waals surface area contributed by atoms with Crippen LogP contribution in [0.3, 0.4) is 0 Å². The number of para-hydroxylation sites is 2. The molecule has 1 aromatic carbocycles. The average Bonchev–Trinajstić information content (AvgIpc) is 2.49. The Morgan fingerprint density at radius 3 is 2.57 bits per heavy atom. The Bertz CT molecular complexity index is 517. The van der Waals surface area contributed by atoms with Crippen molar-refractivity contribution in [3.8, 4) is 5.75 Å². The van der Waals surface area contributed by atoms with Gasteiger partial charge in [-0.05, 0) is 44.5 Å². The van der Waals surface area contributed by atoms with Crippen molar-refractivity contribution in [3.05, 3.63) is 24.3 Å². The van der Waals surface area contributed by atoms with E-state index in [0.717, 1.165) is 25.9 Å². The number of benzene rings is 1. The lowest BCUT2D eigenvalue weighted by Gasteiger charge is -2.21. The van der Waals surface area contributed by atoms with Gasteiger partial charge in [0.25, 0.3) is 0 Å². The molecular weight excluding hydrogens is 288 g/mol. The van der Waals surface area contributed by atoms with Crippen LogP contribution < -0.4 is 14.4 Å². The smallest absolute Gasteiger partial charge is 0.235 e. The fraction of sp³-hybridized carbons (Fsp3) is 0.600. The summed E-state index contributed by atoms with van der Waals surface area (Å²) in [6.07, 6.45) is 2.60. The van der Waals surface area contributed by atoms with Gasteiger partial charge in [-0.3, -0.25) is 4.31 Å². The molecule has 0 saturated carbocycles. The number of rotatable bonds is 10. The van der Waals surface area contributed by atoms with E-state index in [4.69, 9.17) is 4.74 Å². The van der Waals surface area contributed by atoms with Crippen LogP contribution in [0.2, 0.25) is 0 Å². The molecule has 6 heteroatoms. The van der Waals surface area contributed by atoms with Crippen LogP contribution in [-0.4, -0.2) is 41.4 Å². The summed E-state index contributed by atoms with van der Waals surface area (Å²) >= 11 is 0. The molecule has 0 aromatic heterocycles. The number of anilines is 1. The minimum atomic E-state index is -3.31. The Balaban J connectivity index is 2.57. The van der Waals surface area contributed by atoms with Crippen LogP contribution in [0.15, 0.2) is 24.3 Å². The summed E-state index contributed by atoms with van der Waals surface area (Å²) in [5, 5.41) is 3.27. The lowest BCUT2D eigenvalue weighted by molar-refractivity contribution is 0.416. The Hall–Kier alpha value is -1.27. The molecule has 1 aromatic rings. The van der Waals surface area contributed by atoms with Crippen molar-refractivity contribution in [2.45, 2.75) is 26.2 Å². The molecule has 0 atom stereocenters. The van der Waals surface area contributed by atoms with Crippen molar-refractivity contribution in [2.24, 2.45) is 0 Å². The van der Waals surface area contributed by atoms with Crippen molar-refractivity contribution in [3.63, 3.8) is 0 Å². The topological polar surface area (TPSA) is 58.6 Å². The summed E-state index contributed by atoms with van der Waals surface area (Å²) in [6, 6.07) is 7.13. The second-order valence-corrected chi connectivity index (χ2v) is 7.03. The maximum Gasteiger partial charge on any atom is 0.235 e. The maximum atomic E-state index is 12.3. The molecule has 0 heterocycles. The van der Waals surface area contributed by atoms with Gasteiger partial charge in [0, 0.05) is 7.05 Å². The minimum Gasteiger partial charge on any atom is -0.495 e. The van der Waals surface area contributed by atoms with E-state index < -0.39 is 10.0 Å². The summed E-state index contributed by atoms with van der Waals surface area (Å²) in [5.74, 6) is 0.711. The van der Waals surface area contributed by atoms with Crippen molar-refractivity contribution in [2.75, 3.05) is 37.3 Å². The number of nitrogens with one attached hydrogen (secondary N) is 1. The van der Waals surface area contributed by atoms with Gasteiger partial charge in [0.15, 0.2) is 0 Å². The summed E-state index contributed by atoms with van der Waals surface area (Å²) in [6.45, 7) is 3.95. The van der Waals surface area contributed by atoms with Crippen LogP contribution in [0.4, 0.5) is 5.69 Å². The van der Waals surface area contributed by atoms with Gasteiger partial charge >= 0.3 is 0 Å². The van der Waals surface area contributed by atoms with Crippen molar-refractivity contribution < 1.29 is 13.2 Å². The maximum absolute atomic E-state index is 12.3. The van der Waals surface area contributed by atoms with Crippen molar-refractivity contribution in [1.29, 1.82) is 0 Å². The van der Waals surface area contributed by atoms with E-state index in [0.29, 0.717) is 17.9 Å².